The lowest BCUT2D eigenvalue weighted by Gasteiger charge is -2.43. The second-order valence-corrected chi connectivity index (χ2v) is 8.25. The normalized spacial score (nSPS) is 20.8. The molecule has 0 spiro atoms. The number of hydrogen-bond donors (Lipinski definition) is 0. The highest BCUT2D eigenvalue weighted by Gasteiger charge is 2.35. The van der Waals surface area contributed by atoms with Crippen LogP contribution in [0.5, 0.6) is 0 Å². The zero-order valence-corrected chi connectivity index (χ0v) is 16.5. The van der Waals surface area contributed by atoms with Crippen LogP contribution in [0.2, 0.25) is 0 Å². The van der Waals surface area contributed by atoms with Crippen LogP contribution in [0.25, 0.3) is 11.4 Å². The Morgan fingerprint density at radius 1 is 1.21 bits per heavy atom. The molecule has 0 N–H and O–H groups in total. The van der Waals surface area contributed by atoms with Crippen molar-refractivity contribution in [2.75, 3.05) is 13.1 Å². The Morgan fingerprint density at radius 2 is 2.10 bits per heavy atom. The predicted octanol–water partition coefficient (Wildman–Crippen LogP) is 2.74. The van der Waals surface area contributed by atoms with Crippen LogP contribution in [-0.4, -0.2) is 32.1 Å². The standard InChI is InChI=1S/C23H23N5O/c1-26-8-7-25-22(26)20-5-6-21-19-10-18(14-28(21)23(20)29)13-27(15-19)12-17-4-2-3-16(9-17)11-24/h2-9,18-19H,10,12-15H2,1H3/t18-,19+/m0/s1. The Hall–Kier alpha value is -3.17. The van der Waals surface area contributed by atoms with Crippen molar-refractivity contribution in [3.05, 3.63) is 76.0 Å². The van der Waals surface area contributed by atoms with Gasteiger partial charge in [0.15, 0.2) is 0 Å². The van der Waals surface area contributed by atoms with Crippen molar-refractivity contribution in [1.29, 1.82) is 5.26 Å². The van der Waals surface area contributed by atoms with E-state index in [1.807, 2.05) is 46.6 Å². The molecule has 3 aromatic rings. The van der Waals surface area contributed by atoms with E-state index in [1.54, 1.807) is 6.20 Å². The summed E-state index contributed by atoms with van der Waals surface area (Å²) in [6, 6.07) is 14.1. The first-order valence-corrected chi connectivity index (χ1v) is 10.0. The molecule has 2 atom stereocenters. The Kier molecular flexibility index (Phi) is 4.33. The van der Waals surface area contributed by atoms with Crippen LogP contribution in [0, 0.1) is 17.2 Å². The van der Waals surface area contributed by atoms with Gasteiger partial charge in [-0.3, -0.25) is 9.69 Å². The SMILES string of the molecule is Cn1ccnc1-c1ccc2n(c1=O)C[C@H]1C[C@@H]2CN(Cc2cccc(C#N)c2)C1. The van der Waals surface area contributed by atoms with Gasteiger partial charge in [-0.1, -0.05) is 12.1 Å². The Labute approximate surface area is 169 Å². The van der Waals surface area contributed by atoms with E-state index >= 15 is 0 Å². The number of hydrogen-bond acceptors (Lipinski definition) is 4. The molecular weight excluding hydrogens is 362 g/mol. The van der Waals surface area contributed by atoms with Gasteiger partial charge in [-0.15, -0.1) is 0 Å². The summed E-state index contributed by atoms with van der Waals surface area (Å²) in [5.74, 6) is 1.56. The van der Waals surface area contributed by atoms with E-state index in [-0.39, 0.29) is 5.56 Å². The number of nitrogens with zero attached hydrogens (tertiary/aromatic N) is 5. The number of likely N-dealkylation sites (tertiary alicyclic amines) is 1. The summed E-state index contributed by atoms with van der Waals surface area (Å²) >= 11 is 0. The molecule has 1 saturated heterocycles. The van der Waals surface area contributed by atoms with E-state index in [2.05, 4.69) is 28.1 Å². The van der Waals surface area contributed by atoms with E-state index in [9.17, 15) is 4.79 Å². The van der Waals surface area contributed by atoms with Crippen LogP contribution in [-0.2, 0) is 20.1 Å². The van der Waals surface area contributed by atoms with E-state index in [0.717, 1.165) is 44.1 Å². The number of aromatic nitrogens is 3. The Balaban J connectivity index is 1.42. The second-order valence-electron chi connectivity index (χ2n) is 8.25. The molecule has 0 amide bonds. The lowest BCUT2D eigenvalue weighted by Crippen LogP contribution is -2.47. The van der Waals surface area contributed by atoms with Crippen molar-refractivity contribution in [2.45, 2.75) is 25.4 Å². The molecule has 0 saturated carbocycles. The van der Waals surface area contributed by atoms with E-state index in [1.165, 1.54) is 5.56 Å². The van der Waals surface area contributed by atoms with Gasteiger partial charge in [-0.05, 0) is 42.2 Å². The average Bonchev–Trinajstić information content (AvgIpc) is 3.14. The molecule has 0 radical (unpaired) electrons. The molecule has 0 aliphatic carbocycles. The maximum absolute atomic E-state index is 13.2. The third kappa shape index (κ3) is 3.18. The predicted molar refractivity (Wildman–Crippen MR) is 110 cm³/mol. The largest absolute Gasteiger partial charge is 0.334 e. The molecule has 2 aliphatic heterocycles. The summed E-state index contributed by atoms with van der Waals surface area (Å²) in [5.41, 5.74) is 3.76. The van der Waals surface area contributed by atoms with Gasteiger partial charge in [0, 0.05) is 57.2 Å². The molecule has 1 aromatic carbocycles. The monoisotopic (exact) mass is 385 g/mol. The minimum Gasteiger partial charge on any atom is -0.334 e. The van der Waals surface area contributed by atoms with E-state index in [0.29, 0.717) is 23.0 Å². The number of piperidine rings is 1. The smallest absolute Gasteiger partial charge is 0.261 e. The van der Waals surface area contributed by atoms with Gasteiger partial charge in [0.25, 0.3) is 5.56 Å². The molecule has 0 unspecified atom stereocenters. The van der Waals surface area contributed by atoms with Crippen LogP contribution in [0.4, 0.5) is 0 Å². The van der Waals surface area contributed by atoms with Crippen LogP contribution >= 0.6 is 0 Å². The Bertz CT molecular complexity index is 1170. The maximum atomic E-state index is 13.2. The number of pyridine rings is 1. The zero-order chi connectivity index (χ0) is 20.0. The van der Waals surface area contributed by atoms with Crippen molar-refractivity contribution >= 4 is 0 Å². The lowest BCUT2D eigenvalue weighted by atomic mass is 9.82. The second kappa shape index (κ2) is 7.02. The van der Waals surface area contributed by atoms with Gasteiger partial charge >= 0.3 is 0 Å². The van der Waals surface area contributed by atoms with Gasteiger partial charge in [0.05, 0.1) is 17.2 Å². The molecule has 2 bridgehead atoms. The topological polar surface area (TPSA) is 66.8 Å². The first-order valence-electron chi connectivity index (χ1n) is 10.0. The summed E-state index contributed by atoms with van der Waals surface area (Å²) in [5, 5.41) is 9.14. The number of nitriles is 1. The maximum Gasteiger partial charge on any atom is 0.261 e. The van der Waals surface area contributed by atoms with Crippen LogP contribution in [0.1, 0.15) is 29.2 Å². The molecule has 2 aromatic heterocycles. The van der Waals surface area contributed by atoms with Crippen LogP contribution in [0.3, 0.4) is 0 Å². The minimum absolute atomic E-state index is 0.0710. The molecule has 2 aliphatic rings. The molecule has 4 heterocycles. The zero-order valence-electron chi connectivity index (χ0n) is 16.5. The molecule has 29 heavy (non-hydrogen) atoms. The highest BCUT2D eigenvalue weighted by Crippen LogP contribution is 2.36. The summed E-state index contributed by atoms with van der Waals surface area (Å²) in [7, 11) is 1.92. The summed E-state index contributed by atoms with van der Waals surface area (Å²) in [4.78, 5) is 20.0. The number of rotatable bonds is 3. The highest BCUT2D eigenvalue weighted by molar-refractivity contribution is 5.54. The van der Waals surface area contributed by atoms with Gasteiger partial charge in [-0.2, -0.15) is 5.26 Å². The van der Waals surface area contributed by atoms with E-state index < -0.39 is 0 Å². The van der Waals surface area contributed by atoms with Gasteiger partial charge < -0.3 is 9.13 Å². The van der Waals surface area contributed by atoms with Crippen molar-refractivity contribution < 1.29 is 0 Å². The molecule has 1 fully saturated rings. The number of imidazole rings is 1. The fourth-order valence-corrected chi connectivity index (χ4v) is 4.97. The Morgan fingerprint density at radius 3 is 2.90 bits per heavy atom. The average molecular weight is 385 g/mol. The molecule has 6 heteroatoms. The summed E-state index contributed by atoms with van der Waals surface area (Å²) < 4.78 is 3.88. The highest BCUT2D eigenvalue weighted by atomic mass is 16.1. The first-order chi connectivity index (χ1) is 14.1. The van der Waals surface area contributed by atoms with Crippen molar-refractivity contribution in [3.8, 4) is 17.5 Å². The van der Waals surface area contributed by atoms with Gasteiger partial charge in [-0.25, -0.2) is 4.98 Å². The first kappa shape index (κ1) is 17.9. The van der Waals surface area contributed by atoms with Crippen molar-refractivity contribution in [3.63, 3.8) is 0 Å². The van der Waals surface area contributed by atoms with Gasteiger partial charge in [0.2, 0.25) is 0 Å². The summed E-state index contributed by atoms with van der Waals surface area (Å²) in [6.45, 7) is 3.52. The van der Waals surface area contributed by atoms with Crippen molar-refractivity contribution in [1.82, 2.24) is 19.0 Å². The number of benzene rings is 1. The van der Waals surface area contributed by atoms with Crippen LogP contribution < -0.4 is 5.56 Å². The minimum atomic E-state index is 0.0710. The van der Waals surface area contributed by atoms with Crippen LogP contribution in [0.15, 0.2) is 53.6 Å². The van der Waals surface area contributed by atoms with Gasteiger partial charge in [0.1, 0.15) is 5.82 Å². The third-order valence-electron chi connectivity index (χ3n) is 6.20. The van der Waals surface area contributed by atoms with Crippen molar-refractivity contribution in [2.24, 2.45) is 13.0 Å². The van der Waals surface area contributed by atoms with E-state index in [4.69, 9.17) is 5.26 Å². The molecule has 146 valence electrons. The summed E-state index contributed by atoms with van der Waals surface area (Å²) in [6.07, 6.45) is 4.73. The number of aryl methyl sites for hydroxylation is 1. The quantitative estimate of drug-likeness (QED) is 0.695. The molecule has 6 nitrogen and oxygen atoms in total. The lowest BCUT2D eigenvalue weighted by molar-refractivity contribution is 0.114. The fourth-order valence-electron chi connectivity index (χ4n) is 4.97. The molecular formula is C23H23N5O. The fraction of sp³-hybridized carbons (Fsp3) is 0.348. The number of fused-ring (bicyclic) bond motifs is 4. The molecule has 5 rings (SSSR count). The third-order valence-corrected chi connectivity index (χ3v) is 6.20.